The Hall–Kier alpha value is -2.23. The first-order valence-corrected chi connectivity index (χ1v) is 6.16. The summed E-state index contributed by atoms with van der Waals surface area (Å²) in [6.07, 6.45) is 6.12. The summed E-state index contributed by atoms with van der Waals surface area (Å²) in [5.41, 5.74) is 2.12. The molecule has 0 atom stereocenters. The normalized spacial score (nSPS) is 15.1. The maximum Gasteiger partial charge on any atom is 0.164 e. The van der Waals surface area contributed by atoms with Crippen molar-refractivity contribution in [1.29, 1.82) is 0 Å². The predicted molar refractivity (Wildman–Crippen MR) is 69.0 cm³/mol. The maximum atomic E-state index is 4.33. The maximum absolute atomic E-state index is 4.33. The minimum atomic E-state index is 0.597. The van der Waals surface area contributed by atoms with E-state index in [1.807, 2.05) is 24.7 Å². The van der Waals surface area contributed by atoms with Crippen LogP contribution in [0.15, 0.2) is 42.9 Å². The molecule has 88 valence electrons. The van der Waals surface area contributed by atoms with Crippen molar-refractivity contribution in [2.24, 2.45) is 0 Å². The topological polar surface area (TPSA) is 43.6 Å². The summed E-state index contributed by atoms with van der Waals surface area (Å²) in [7, 11) is 0. The molecule has 2 heterocycles. The molecule has 0 radical (unpaired) electrons. The molecule has 1 aromatic carbocycles. The number of fused-ring (bicyclic) bond motifs is 1. The van der Waals surface area contributed by atoms with E-state index in [1.54, 1.807) is 0 Å². The number of hydrogen-bond acceptors (Lipinski definition) is 3. The van der Waals surface area contributed by atoms with Gasteiger partial charge in [-0.2, -0.15) is 0 Å². The molecule has 3 aromatic rings. The van der Waals surface area contributed by atoms with Gasteiger partial charge in [0.2, 0.25) is 0 Å². The van der Waals surface area contributed by atoms with Crippen molar-refractivity contribution in [2.75, 3.05) is 0 Å². The van der Waals surface area contributed by atoms with Crippen molar-refractivity contribution in [1.82, 2.24) is 19.7 Å². The summed E-state index contributed by atoms with van der Waals surface area (Å²) in [5.74, 6) is 0.961. The fraction of sp³-hybridized carbons (Fsp3) is 0.214. The SMILES string of the molecule is c1cnc2ccc(-c3nncn3C3CC3)cc2c1. The molecule has 0 unspecified atom stereocenters. The van der Waals surface area contributed by atoms with E-state index in [1.165, 1.54) is 12.8 Å². The third kappa shape index (κ3) is 1.49. The molecule has 0 N–H and O–H groups in total. The number of hydrogen-bond donors (Lipinski definition) is 0. The van der Waals surface area contributed by atoms with Crippen LogP contribution in [0.1, 0.15) is 18.9 Å². The van der Waals surface area contributed by atoms with Gasteiger partial charge in [0, 0.05) is 23.2 Å². The van der Waals surface area contributed by atoms with E-state index in [-0.39, 0.29) is 0 Å². The molecule has 4 rings (SSSR count). The lowest BCUT2D eigenvalue weighted by molar-refractivity contribution is 0.746. The van der Waals surface area contributed by atoms with E-state index in [2.05, 4.69) is 37.9 Å². The molecule has 1 aliphatic carbocycles. The lowest BCUT2D eigenvalue weighted by Crippen LogP contribution is -1.95. The highest BCUT2D eigenvalue weighted by molar-refractivity contribution is 5.83. The van der Waals surface area contributed by atoms with E-state index < -0.39 is 0 Å². The zero-order chi connectivity index (χ0) is 11.9. The third-order valence-corrected chi connectivity index (χ3v) is 3.37. The zero-order valence-electron chi connectivity index (χ0n) is 9.82. The van der Waals surface area contributed by atoms with Crippen molar-refractivity contribution in [3.05, 3.63) is 42.9 Å². The van der Waals surface area contributed by atoms with Gasteiger partial charge >= 0.3 is 0 Å². The Labute approximate surface area is 104 Å². The van der Waals surface area contributed by atoms with Gasteiger partial charge in [0.25, 0.3) is 0 Å². The molecule has 2 aromatic heterocycles. The molecular weight excluding hydrogens is 224 g/mol. The van der Waals surface area contributed by atoms with Crippen LogP contribution in [-0.2, 0) is 0 Å². The summed E-state index contributed by atoms with van der Waals surface area (Å²) in [4.78, 5) is 4.33. The Morgan fingerprint density at radius 2 is 2.11 bits per heavy atom. The Balaban J connectivity index is 1.88. The van der Waals surface area contributed by atoms with Crippen molar-refractivity contribution < 1.29 is 0 Å². The number of benzene rings is 1. The standard InChI is InChI=1S/C14H12N4/c1-2-10-8-11(3-6-13(10)15-7-1)14-17-16-9-18(14)12-4-5-12/h1-3,6-9,12H,4-5H2. The van der Waals surface area contributed by atoms with Gasteiger partial charge in [0.15, 0.2) is 5.82 Å². The first kappa shape index (κ1) is 9.76. The summed E-state index contributed by atoms with van der Waals surface area (Å²) in [6, 6.07) is 10.9. The van der Waals surface area contributed by atoms with Crippen molar-refractivity contribution in [3.63, 3.8) is 0 Å². The van der Waals surface area contributed by atoms with Crippen LogP contribution in [0.2, 0.25) is 0 Å². The molecule has 18 heavy (non-hydrogen) atoms. The minimum Gasteiger partial charge on any atom is -0.310 e. The van der Waals surface area contributed by atoms with Gasteiger partial charge in [-0.05, 0) is 37.1 Å². The lowest BCUT2D eigenvalue weighted by Gasteiger charge is -2.05. The smallest absolute Gasteiger partial charge is 0.164 e. The number of pyridine rings is 1. The van der Waals surface area contributed by atoms with E-state index in [0.29, 0.717) is 6.04 Å². The van der Waals surface area contributed by atoms with Crippen LogP contribution >= 0.6 is 0 Å². The van der Waals surface area contributed by atoms with Crippen LogP contribution < -0.4 is 0 Å². The van der Waals surface area contributed by atoms with Crippen molar-refractivity contribution in [2.45, 2.75) is 18.9 Å². The van der Waals surface area contributed by atoms with Gasteiger partial charge in [-0.1, -0.05) is 6.07 Å². The highest BCUT2D eigenvalue weighted by Crippen LogP contribution is 2.37. The summed E-state index contributed by atoms with van der Waals surface area (Å²) in [6.45, 7) is 0. The van der Waals surface area contributed by atoms with Crippen LogP contribution in [0.25, 0.3) is 22.3 Å². The second kappa shape index (κ2) is 3.63. The third-order valence-electron chi connectivity index (χ3n) is 3.37. The Bertz CT molecular complexity index is 712. The van der Waals surface area contributed by atoms with Gasteiger partial charge in [0.05, 0.1) is 5.52 Å². The highest BCUT2D eigenvalue weighted by atomic mass is 15.3. The zero-order valence-corrected chi connectivity index (χ0v) is 9.82. The lowest BCUT2D eigenvalue weighted by atomic mass is 10.1. The van der Waals surface area contributed by atoms with Crippen LogP contribution in [-0.4, -0.2) is 19.7 Å². The molecule has 1 aliphatic rings. The number of nitrogens with zero attached hydrogens (tertiary/aromatic N) is 4. The van der Waals surface area contributed by atoms with E-state index >= 15 is 0 Å². The Morgan fingerprint density at radius 1 is 1.17 bits per heavy atom. The van der Waals surface area contributed by atoms with Gasteiger partial charge in [-0.15, -0.1) is 10.2 Å². The van der Waals surface area contributed by atoms with Crippen LogP contribution in [0.3, 0.4) is 0 Å². The first-order valence-electron chi connectivity index (χ1n) is 6.16. The summed E-state index contributed by atoms with van der Waals surface area (Å²) < 4.78 is 2.18. The molecule has 4 nitrogen and oxygen atoms in total. The Morgan fingerprint density at radius 3 is 3.00 bits per heavy atom. The van der Waals surface area contributed by atoms with Crippen LogP contribution in [0.5, 0.6) is 0 Å². The molecular formula is C14H12N4. The van der Waals surface area contributed by atoms with Crippen LogP contribution in [0.4, 0.5) is 0 Å². The summed E-state index contributed by atoms with van der Waals surface area (Å²) in [5, 5.41) is 9.42. The second-order valence-corrected chi connectivity index (χ2v) is 4.70. The summed E-state index contributed by atoms with van der Waals surface area (Å²) >= 11 is 0. The molecule has 0 bridgehead atoms. The average Bonchev–Trinajstić information content (AvgIpc) is 3.16. The van der Waals surface area contributed by atoms with Gasteiger partial charge < -0.3 is 4.57 Å². The van der Waals surface area contributed by atoms with E-state index in [9.17, 15) is 0 Å². The minimum absolute atomic E-state index is 0.597. The van der Waals surface area contributed by atoms with E-state index in [4.69, 9.17) is 0 Å². The largest absolute Gasteiger partial charge is 0.310 e. The molecule has 0 amide bonds. The molecule has 1 saturated carbocycles. The Kier molecular flexibility index (Phi) is 1.97. The second-order valence-electron chi connectivity index (χ2n) is 4.70. The quantitative estimate of drug-likeness (QED) is 0.687. The average molecular weight is 236 g/mol. The predicted octanol–water partition coefficient (Wildman–Crippen LogP) is 2.83. The van der Waals surface area contributed by atoms with Crippen molar-refractivity contribution in [3.8, 4) is 11.4 Å². The molecule has 1 fully saturated rings. The molecule has 0 saturated heterocycles. The fourth-order valence-electron chi connectivity index (χ4n) is 2.28. The fourth-order valence-corrected chi connectivity index (χ4v) is 2.28. The van der Waals surface area contributed by atoms with Gasteiger partial charge in [0.1, 0.15) is 6.33 Å². The first-order chi connectivity index (χ1) is 8.92. The van der Waals surface area contributed by atoms with E-state index in [0.717, 1.165) is 22.3 Å². The highest BCUT2D eigenvalue weighted by Gasteiger charge is 2.26. The van der Waals surface area contributed by atoms with Crippen LogP contribution in [0, 0.1) is 0 Å². The molecule has 4 heteroatoms. The number of aromatic nitrogens is 4. The van der Waals surface area contributed by atoms with Crippen molar-refractivity contribution >= 4 is 10.9 Å². The molecule has 0 aliphatic heterocycles. The van der Waals surface area contributed by atoms with Gasteiger partial charge in [-0.25, -0.2) is 0 Å². The molecule has 0 spiro atoms. The monoisotopic (exact) mass is 236 g/mol. The number of rotatable bonds is 2. The van der Waals surface area contributed by atoms with Gasteiger partial charge in [-0.3, -0.25) is 4.98 Å².